The maximum Gasteiger partial charge on any atom is 0.270 e. The number of ether oxygens (including phenoxy) is 1. The minimum atomic E-state index is -0.380. The number of halogens is 1. The van der Waals surface area contributed by atoms with Crippen molar-refractivity contribution in [2.75, 3.05) is 24.3 Å². The quantitative estimate of drug-likeness (QED) is 0.537. The summed E-state index contributed by atoms with van der Waals surface area (Å²) in [5.74, 6) is 0.105. The van der Waals surface area contributed by atoms with E-state index in [-0.39, 0.29) is 35.1 Å². The highest BCUT2D eigenvalue weighted by molar-refractivity contribution is 6.36. The highest BCUT2D eigenvalue weighted by Crippen LogP contribution is 2.30. The number of pyridine rings is 1. The summed E-state index contributed by atoms with van der Waals surface area (Å²) < 4.78 is 5.37. The normalized spacial score (nSPS) is 15.2. The zero-order chi connectivity index (χ0) is 22.7. The molecule has 164 valence electrons. The van der Waals surface area contributed by atoms with Crippen molar-refractivity contribution in [3.63, 3.8) is 0 Å². The smallest absolute Gasteiger partial charge is 0.270 e. The number of rotatable bonds is 5. The van der Waals surface area contributed by atoms with Crippen LogP contribution in [0.3, 0.4) is 0 Å². The molecule has 1 aliphatic rings. The molecule has 1 amide bonds. The van der Waals surface area contributed by atoms with Crippen LogP contribution >= 0.6 is 11.6 Å². The summed E-state index contributed by atoms with van der Waals surface area (Å²) in [6, 6.07) is 8.96. The lowest BCUT2D eigenvalue weighted by molar-refractivity contribution is 0.0695. The van der Waals surface area contributed by atoms with Gasteiger partial charge >= 0.3 is 0 Å². The lowest BCUT2D eigenvalue weighted by atomic mass is 10.0. The van der Waals surface area contributed by atoms with Crippen LogP contribution in [0.5, 0.6) is 0 Å². The minimum Gasteiger partial charge on any atom is -0.382 e. The predicted molar refractivity (Wildman–Crippen MR) is 121 cm³/mol. The van der Waals surface area contributed by atoms with E-state index in [0.717, 1.165) is 18.2 Å². The van der Waals surface area contributed by atoms with E-state index in [1.54, 1.807) is 6.07 Å². The first-order chi connectivity index (χ1) is 15.5. The number of anilines is 2. The van der Waals surface area contributed by atoms with Gasteiger partial charge in [0.05, 0.1) is 16.8 Å². The first-order valence-electron chi connectivity index (χ1n) is 10.2. The Kier molecular flexibility index (Phi) is 6.35. The fraction of sp³-hybridized carbons (Fsp3) is 0.318. The number of benzene rings is 1. The zero-order valence-corrected chi connectivity index (χ0v) is 18.2. The van der Waals surface area contributed by atoms with Gasteiger partial charge in [-0.1, -0.05) is 23.7 Å². The van der Waals surface area contributed by atoms with Crippen molar-refractivity contribution in [1.82, 2.24) is 20.3 Å². The van der Waals surface area contributed by atoms with Crippen molar-refractivity contribution >= 4 is 39.9 Å². The molecule has 4 rings (SSSR count). The van der Waals surface area contributed by atoms with Crippen LogP contribution in [-0.4, -0.2) is 40.1 Å². The van der Waals surface area contributed by atoms with Gasteiger partial charge in [-0.05, 0) is 37.3 Å². The van der Waals surface area contributed by atoms with E-state index in [9.17, 15) is 10.1 Å². The Morgan fingerprint density at radius 3 is 2.88 bits per heavy atom. The average molecular weight is 452 g/mol. The predicted octanol–water partition coefficient (Wildman–Crippen LogP) is 3.21. The molecule has 2 aromatic heterocycles. The molecule has 0 spiro atoms. The van der Waals surface area contributed by atoms with Gasteiger partial charge in [0.15, 0.2) is 0 Å². The van der Waals surface area contributed by atoms with Crippen LogP contribution in [0.15, 0.2) is 30.6 Å². The average Bonchev–Trinajstić information content (AvgIpc) is 2.79. The first kappa shape index (κ1) is 21.7. The summed E-state index contributed by atoms with van der Waals surface area (Å²) in [5, 5.41) is 17.4. The van der Waals surface area contributed by atoms with E-state index in [4.69, 9.17) is 22.1 Å². The second-order valence-corrected chi connectivity index (χ2v) is 7.96. The summed E-state index contributed by atoms with van der Waals surface area (Å²) in [7, 11) is 0. The van der Waals surface area contributed by atoms with Crippen molar-refractivity contribution in [2.45, 2.75) is 31.8 Å². The molecular formula is C22H22ClN7O2. The van der Waals surface area contributed by atoms with E-state index in [1.807, 2.05) is 31.2 Å². The molecule has 1 aliphatic heterocycles. The fourth-order valence-electron chi connectivity index (χ4n) is 3.67. The Morgan fingerprint density at radius 2 is 2.12 bits per heavy atom. The molecule has 9 nitrogen and oxygen atoms in total. The lowest BCUT2D eigenvalue weighted by Gasteiger charge is -2.23. The molecule has 0 radical (unpaired) electrons. The van der Waals surface area contributed by atoms with Crippen LogP contribution in [0.4, 0.5) is 11.6 Å². The van der Waals surface area contributed by atoms with Crippen LogP contribution in [-0.2, 0) is 4.74 Å². The summed E-state index contributed by atoms with van der Waals surface area (Å²) >= 11 is 6.45. The lowest BCUT2D eigenvalue weighted by Crippen LogP contribution is -2.39. The van der Waals surface area contributed by atoms with Crippen LogP contribution < -0.4 is 16.4 Å². The van der Waals surface area contributed by atoms with Gasteiger partial charge in [0.2, 0.25) is 0 Å². The van der Waals surface area contributed by atoms with Crippen LogP contribution in [0, 0.1) is 11.3 Å². The SMILES string of the molecule is CC(Nc1ncnc(N)c1C#N)c1cc2cccc(Cl)c2c(C(=O)NC2CCOCC2)n1. The van der Waals surface area contributed by atoms with Gasteiger partial charge in [-0.25, -0.2) is 15.0 Å². The number of hydrogen-bond donors (Lipinski definition) is 3. The monoisotopic (exact) mass is 451 g/mol. The van der Waals surface area contributed by atoms with Crippen molar-refractivity contribution in [2.24, 2.45) is 0 Å². The molecule has 3 heterocycles. The maximum atomic E-state index is 13.2. The van der Waals surface area contributed by atoms with E-state index in [2.05, 4.69) is 25.6 Å². The highest BCUT2D eigenvalue weighted by atomic mass is 35.5. The number of nitrogens with one attached hydrogen (secondary N) is 2. The number of carbonyl (C=O) groups excluding carboxylic acids is 1. The van der Waals surface area contributed by atoms with Crippen LogP contribution in [0.1, 0.15) is 47.6 Å². The second kappa shape index (κ2) is 9.34. The summed E-state index contributed by atoms with van der Waals surface area (Å²) in [6.07, 6.45) is 2.79. The van der Waals surface area contributed by atoms with Gasteiger partial charge in [0.25, 0.3) is 5.91 Å². The molecule has 0 aliphatic carbocycles. The number of nitrogens with zero attached hydrogens (tertiary/aromatic N) is 4. The standard InChI is InChI=1S/C22H22ClN7O2/c1-12(28-21-15(10-24)20(25)26-11-27-21)17-9-13-3-2-4-16(23)18(13)19(30-17)22(31)29-14-5-7-32-8-6-14/h2-4,9,11-12,14H,5-8H2,1H3,(H,29,31)(H3,25,26,27,28). The van der Waals surface area contributed by atoms with Gasteiger partial charge in [-0.3, -0.25) is 4.79 Å². The largest absolute Gasteiger partial charge is 0.382 e. The van der Waals surface area contributed by atoms with Crippen molar-refractivity contribution in [3.8, 4) is 6.07 Å². The van der Waals surface area contributed by atoms with Crippen molar-refractivity contribution in [1.29, 1.82) is 5.26 Å². The molecule has 0 bridgehead atoms. The number of nitrogen functional groups attached to an aromatic ring is 1. The van der Waals surface area contributed by atoms with Gasteiger partial charge < -0.3 is 21.1 Å². The van der Waals surface area contributed by atoms with Crippen molar-refractivity contribution < 1.29 is 9.53 Å². The number of hydrogen-bond acceptors (Lipinski definition) is 8. The van der Waals surface area contributed by atoms with E-state index in [1.165, 1.54) is 6.33 Å². The Hall–Kier alpha value is -3.48. The third-order valence-corrected chi connectivity index (χ3v) is 5.70. The summed E-state index contributed by atoms with van der Waals surface area (Å²) in [5.41, 5.74) is 6.79. The summed E-state index contributed by atoms with van der Waals surface area (Å²) in [4.78, 5) is 25.8. The number of fused-ring (bicyclic) bond motifs is 1. The Balaban J connectivity index is 1.70. The molecule has 32 heavy (non-hydrogen) atoms. The molecule has 1 unspecified atom stereocenters. The number of aromatic nitrogens is 3. The Bertz CT molecular complexity index is 1200. The molecule has 3 aromatic rings. The van der Waals surface area contributed by atoms with E-state index < -0.39 is 0 Å². The minimum absolute atomic E-state index is 0.0250. The van der Waals surface area contributed by atoms with Crippen LogP contribution in [0.25, 0.3) is 10.8 Å². The number of amides is 1. The number of nitriles is 1. The molecule has 1 aromatic carbocycles. The van der Waals surface area contributed by atoms with Gasteiger partial charge in [0.1, 0.15) is 35.3 Å². The number of nitrogens with two attached hydrogens (primary N) is 1. The fourth-order valence-corrected chi connectivity index (χ4v) is 3.94. The molecule has 0 saturated carbocycles. The van der Waals surface area contributed by atoms with Gasteiger partial charge in [0, 0.05) is 24.6 Å². The third kappa shape index (κ3) is 4.42. The Labute approximate surface area is 190 Å². The van der Waals surface area contributed by atoms with Crippen LogP contribution in [0.2, 0.25) is 5.02 Å². The summed E-state index contributed by atoms with van der Waals surface area (Å²) in [6.45, 7) is 3.09. The van der Waals surface area contributed by atoms with Crippen molar-refractivity contribution in [3.05, 3.63) is 52.6 Å². The molecule has 1 saturated heterocycles. The maximum absolute atomic E-state index is 13.2. The van der Waals surface area contributed by atoms with Gasteiger partial charge in [-0.15, -0.1) is 0 Å². The molecule has 10 heteroatoms. The molecular weight excluding hydrogens is 430 g/mol. The first-order valence-corrected chi connectivity index (χ1v) is 10.6. The van der Waals surface area contributed by atoms with Gasteiger partial charge in [-0.2, -0.15) is 5.26 Å². The molecule has 1 fully saturated rings. The van der Waals surface area contributed by atoms with E-state index >= 15 is 0 Å². The third-order valence-electron chi connectivity index (χ3n) is 5.38. The molecule has 1 atom stereocenters. The zero-order valence-electron chi connectivity index (χ0n) is 17.4. The topological polar surface area (TPSA) is 139 Å². The number of carbonyl (C=O) groups is 1. The van der Waals surface area contributed by atoms with E-state index in [0.29, 0.717) is 35.1 Å². The highest BCUT2D eigenvalue weighted by Gasteiger charge is 2.23. The second-order valence-electron chi connectivity index (χ2n) is 7.55. The molecule has 4 N–H and O–H groups in total. The Morgan fingerprint density at radius 1 is 1.34 bits per heavy atom.